The van der Waals surface area contributed by atoms with Gasteiger partial charge in [0.25, 0.3) is 5.91 Å². The monoisotopic (exact) mass is 564 g/mol. The van der Waals surface area contributed by atoms with Crippen molar-refractivity contribution in [3.05, 3.63) is 88.7 Å². The largest absolute Gasteiger partial charge is 0.488 e. The number of hydrogen-bond donors (Lipinski definition) is 4. The van der Waals surface area contributed by atoms with Crippen LogP contribution in [0.3, 0.4) is 0 Å². The molecule has 2 unspecified atom stereocenters. The molecule has 11 heteroatoms. The molecule has 4 aromatic rings. The lowest BCUT2D eigenvalue weighted by atomic mass is 9.79. The lowest BCUT2D eigenvalue weighted by molar-refractivity contribution is 0.0964. The number of carbonyl (C=O) groups excluding carboxylic acids is 1. The van der Waals surface area contributed by atoms with E-state index >= 15 is 0 Å². The van der Waals surface area contributed by atoms with Crippen LogP contribution in [0.1, 0.15) is 58.6 Å². The minimum Gasteiger partial charge on any atom is -0.455 e. The minimum atomic E-state index is -2.26. The molecule has 5 rings (SSSR count). The summed E-state index contributed by atoms with van der Waals surface area (Å²) in [5.74, 6) is -0.222. The summed E-state index contributed by atoms with van der Waals surface area (Å²) in [4.78, 5) is 13.0. The molecule has 0 saturated heterocycles. The molecule has 8 nitrogen and oxygen atoms in total. The Bertz CT molecular complexity index is 1550. The molecular weight excluding hydrogens is 534 g/mol. The first-order valence-electron chi connectivity index (χ1n) is 13.1. The molecule has 0 spiro atoms. The Hall–Kier alpha value is -3.35. The molecule has 2 atom stereocenters. The molecule has 0 aliphatic heterocycles. The predicted molar refractivity (Wildman–Crippen MR) is 153 cm³/mol. The lowest BCUT2D eigenvalue weighted by Gasteiger charge is -2.23. The SMILES string of the molecule is CNC(=O)c1c(-c2ccc(F)cc2)oc2cc(CN(CC(C)c3ccc(B(O)O)cc3)S(=O)O)c(C3CC3)cc12. The average molecular weight is 564 g/mol. The Morgan fingerprint density at radius 3 is 2.40 bits per heavy atom. The molecule has 1 aromatic heterocycles. The van der Waals surface area contributed by atoms with Crippen LogP contribution in [0.25, 0.3) is 22.3 Å². The van der Waals surface area contributed by atoms with Gasteiger partial charge in [-0.2, -0.15) is 4.31 Å². The molecule has 208 valence electrons. The van der Waals surface area contributed by atoms with Crippen LogP contribution >= 0.6 is 0 Å². The van der Waals surface area contributed by atoms with Crippen molar-refractivity contribution in [2.45, 2.75) is 38.1 Å². The van der Waals surface area contributed by atoms with Crippen molar-refractivity contribution in [3.8, 4) is 11.3 Å². The van der Waals surface area contributed by atoms with Gasteiger partial charge in [-0.25, -0.2) is 8.60 Å². The van der Waals surface area contributed by atoms with E-state index in [9.17, 15) is 28.0 Å². The van der Waals surface area contributed by atoms with Crippen LogP contribution < -0.4 is 10.8 Å². The van der Waals surface area contributed by atoms with Gasteiger partial charge in [-0.05, 0) is 83.2 Å². The standard InChI is InChI=1S/C29H30BFN2O6S/c1-17(18-5-9-22(10-6-18)30(35)36)15-33(40(37)38)16-21-13-26-25(14-24(21)19-3-4-19)27(29(34)32-2)28(39-26)20-7-11-23(31)12-8-20/h5-14,17,19,35-36H,3-4,15-16H2,1-2H3,(H,32,34)(H,37,38). The van der Waals surface area contributed by atoms with Gasteiger partial charge in [-0.3, -0.25) is 9.35 Å². The zero-order valence-corrected chi connectivity index (χ0v) is 23.0. The number of nitrogens with one attached hydrogen (secondary N) is 1. The van der Waals surface area contributed by atoms with Crippen LogP contribution in [-0.2, 0) is 17.8 Å². The Kier molecular flexibility index (Phi) is 8.20. The van der Waals surface area contributed by atoms with E-state index in [1.807, 2.05) is 19.1 Å². The van der Waals surface area contributed by atoms with Crippen molar-refractivity contribution in [3.63, 3.8) is 0 Å². The summed E-state index contributed by atoms with van der Waals surface area (Å²) >= 11 is -2.26. The van der Waals surface area contributed by atoms with Crippen molar-refractivity contribution < 1.29 is 32.4 Å². The summed E-state index contributed by atoms with van der Waals surface area (Å²) in [6.07, 6.45) is 1.97. The molecule has 4 N–H and O–H groups in total. The molecule has 1 heterocycles. The molecule has 1 fully saturated rings. The van der Waals surface area contributed by atoms with E-state index in [0.29, 0.717) is 33.3 Å². The second-order valence-electron chi connectivity index (χ2n) is 10.2. The smallest absolute Gasteiger partial charge is 0.455 e. The third-order valence-corrected chi connectivity index (χ3v) is 8.10. The van der Waals surface area contributed by atoms with Gasteiger partial charge < -0.3 is 19.8 Å². The molecule has 3 aromatic carbocycles. The Balaban J connectivity index is 1.51. The maximum absolute atomic E-state index is 13.6. The number of fused-ring (bicyclic) bond motifs is 1. The highest BCUT2D eigenvalue weighted by atomic mass is 32.2. The van der Waals surface area contributed by atoms with E-state index < -0.39 is 24.2 Å². The zero-order chi connectivity index (χ0) is 28.6. The number of benzene rings is 3. The lowest BCUT2D eigenvalue weighted by Crippen LogP contribution is -2.31. The summed E-state index contributed by atoms with van der Waals surface area (Å²) in [5.41, 5.74) is 4.51. The maximum atomic E-state index is 13.6. The van der Waals surface area contributed by atoms with E-state index in [1.54, 1.807) is 43.4 Å². The van der Waals surface area contributed by atoms with Gasteiger partial charge in [0.05, 0.1) is 5.56 Å². The number of furan rings is 1. The van der Waals surface area contributed by atoms with Gasteiger partial charge in [0.1, 0.15) is 17.2 Å². The highest BCUT2D eigenvalue weighted by Crippen LogP contribution is 2.45. The molecule has 1 aliphatic rings. The molecule has 1 saturated carbocycles. The van der Waals surface area contributed by atoms with Crippen molar-refractivity contribution >= 4 is 40.7 Å². The summed E-state index contributed by atoms with van der Waals surface area (Å²) in [6.45, 7) is 2.39. The Morgan fingerprint density at radius 1 is 1.15 bits per heavy atom. The van der Waals surface area contributed by atoms with Crippen LogP contribution in [-0.4, -0.2) is 49.7 Å². The molecule has 1 aliphatic carbocycles. The number of amides is 1. The fraction of sp³-hybridized carbons (Fsp3) is 0.276. The number of rotatable bonds is 10. The van der Waals surface area contributed by atoms with Crippen molar-refractivity contribution in [1.29, 1.82) is 0 Å². The summed E-state index contributed by atoms with van der Waals surface area (Å²) < 4.78 is 43.9. The van der Waals surface area contributed by atoms with Crippen LogP contribution in [0.15, 0.2) is 65.1 Å². The summed E-state index contributed by atoms with van der Waals surface area (Å²) in [6, 6.07) is 16.3. The first-order valence-corrected chi connectivity index (χ1v) is 14.1. The topological polar surface area (TPSA) is 123 Å². The maximum Gasteiger partial charge on any atom is 0.488 e. The van der Waals surface area contributed by atoms with Crippen LogP contribution in [0.4, 0.5) is 4.39 Å². The normalized spacial score (nSPS) is 14.9. The van der Waals surface area contributed by atoms with Gasteiger partial charge in [0.15, 0.2) is 0 Å². The highest BCUT2D eigenvalue weighted by molar-refractivity contribution is 7.76. The first-order chi connectivity index (χ1) is 19.2. The Morgan fingerprint density at radius 2 is 1.82 bits per heavy atom. The third-order valence-electron chi connectivity index (χ3n) is 7.38. The Labute approximate surface area is 234 Å². The van der Waals surface area contributed by atoms with Crippen LogP contribution in [0.5, 0.6) is 0 Å². The fourth-order valence-electron chi connectivity index (χ4n) is 5.05. The summed E-state index contributed by atoms with van der Waals surface area (Å²) in [5, 5.41) is 22.0. The van der Waals surface area contributed by atoms with Gasteiger partial charge in [-0.1, -0.05) is 31.2 Å². The van der Waals surface area contributed by atoms with Gasteiger partial charge in [0.2, 0.25) is 11.3 Å². The molecule has 1 amide bonds. The molecule has 0 radical (unpaired) electrons. The second-order valence-corrected chi connectivity index (χ2v) is 11.2. The van der Waals surface area contributed by atoms with Gasteiger partial charge in [0, 0.05) is 31.1 Å². The number of halogens is 1. The average Bonchev–Trinajstić information content (AvgIpc) is 3.72. The molecule has 40 heavy (non-hydrogen) atoms. The quantitative estimate of drug-likeness (QED) is 0.171. The molecule has 0 bridgehead atoms. The second kappa shape index (κ2) is 11.6. The number of hydrogen-bond acceptors (Lipinski definition) is 5. The van der Waals surface area contributed by atoms with Crippen molar-refractivity contribution in [2.24, 2.45) is 0 Å². The van der Waals surface area contributed by atoms with E-state index in [2.05, 4.69) is 5.32 Å². The van der Waals surface area contributed by atoms with Gasteiger partial charge >= 0.3 is 7.12 Å². The van der Waals surface area contributed by atoms with E-state index in [-0.39, 0.29) is 30.8 Å². The van der Waals surface area contributed by atoms with E-state index in [0.717, 1.165) is 29.5 Å². The van der Waals surface area contributed by atoms with E-state index in [1.165, 1.54) is 16.4 Å². The summed E-state index contributed by atoms with van der Waals surface area (Å²) in [7, 11) is -0.0171. The van der Waals surface area contributed by atoms with Gasteiger partial charge in [-0.15, -0.1) is 0 Å². The van der Waals surface area contributed by atoms with Crippen LogP contribution in [0.2, 0.25) is 0 Å². The third kappa shape index (κ3) is 5.89. The zero-order valence-electron chi connectivity index (χ0n) is 22.1. The van der Waals surface area contributed by atoms with Crippen LogP contribution in [0, 0.1) is 5.82 Å². The number of nitrogens with zero attached hydrogens (tertiary/aromatic N) is 1. The number of carbonyl (C=O) groups is 1. The van der Waals surface area contributed by atoms with Crippen molar-refractivity contribution in [2.75, 3.05) is 13.6 Å². The fourth-order valence-corrected chi connectivity index (χ4v) is 5.65. The first kappa shape index (κ1) is 28.2. The highest BCUT2D eigenvalue weighted by Gasteiger charge is 2.31. The van der Waals surface area contributed by atoms with E-state index in [4.69, 9.17) is 4.42 Å². The minimum absolute atomic E-state index is 0.123. The van der Waals surface area contributed by atoms with Crippen molar-refractivity contribution in [1.82, 2.24) is 9.62 Å². The molecular formula is C29H30BFN2O6S. The predicted octanol–water partition coefficient (Wildman–Crippen LogP) is 3.90.